The molecule has 0 spiro atoms. The lowest BCUT2D eigenvalue weighted by Crippen LogP contribution is -2.48. The zero-order valence-corrected chi connectivity index (χ0v) is 22.0. The van der Waals surface area contributed by atoms with Crippen LogP contribution in [0.25, 0.3) is 0 Å². The molecular weight excluding hydrogens is 462 g/mol. The van der Waals surface area contributed by atoms with Crippen molar-refractivity contribution in [3.8, 4) is 5.75 Å². The quantitative estimate of drug-likeness (QED) is 0.518. The molecule has 0 N–H and O–H groups in total. The maximum atomic E-state index is 13.4. The molecule has 35 heavy (non-hydrogen) atoms. The van der Waals surface area contributed by atoms with Crippen LogP contribution in [0.15, 0.2) is 18.2 Å². The number of carbonyl (C=O) groups is 1. The third-order valence-corrected chi connectivity index (χ3v) is 8.38. The van der Waals surface area contributed by atoms with E-state index in [2.05, 4.69) is 4.68 Å². The van der Waals surface area contributed by atoms with Gasteiger partial charge in [0.05, 0.1) is 18.3 Å². The van der Waals surface area contributed by atoms with Gasteiger partial charge >= 0.3 is 0 Å². The number of rotatable bonds is 6. The van der Waals surface area contributed by atoms with Gasteiger partial charge in [-0.1, -0.05) is 17.7 Å². The van der Waals surface area contributed by atoms with E-state index in [0.717, 1.165) is 61.4 Å². The standard InChI is InChI=1S/C28H38ClN3O3/c1-18-16-31(17-19(2)34-18)28(33)27-23-6-4-8-25(23)32(30-27)15-14-21-10-12-22(13-11-21)35-26-9-5-7-24(29)20(26)3/h5,7,9,18-19,21-22H,4,6,8,10-17H2,1-3H3/t18-,19+,21?,22?. The van der Waals surface area contributed by atoms with Crippen molar-refractivity contribution in [1.82, 2.24) is 14.7 Å². The molecule has 2 atom stereocenters. The summed E-state index contributed by atoms with van der Waals surface area (Å²) in [4.78, 5) is 15.3. The highest BCUT2D eigenvalue weighted by Gasteiger charge is 2.33. The molecule has 0 radical (unpaired) electrons. The van der Waals surface area contributed by atoms with E-state index in [9.17, 15) is 4.79 Å². The lowest BCUT2D eigenvalue weighted by Gasteiger charge is -2.35. The minimum absolute atomic E-state index is 0.0692. The van der Waals surface area contributed by atoms with Gasteiger partial charge in [-0.15, -0.1) is 0 Å². The van der Waals surface area contributed by atoms with Crippen molar-refractivity contribution < 1.29 is 14.3 Å². The minimum atomic E-state index is 0.0692. The van der Waals surface area contributed by atoms with Crippen molar-refractivity contribution >= 4 is 17.5 Å². The average molecular weight is 500 g/mol. The van der Waals surface area contributed by atoms with Crippen LogP contribution in [0.4, 0.5) is 0 Å². The van der Waals surface area contributed by atoms with Crippen LogP contribution in [0.3, 0.4) is 0 Å². The predicted octanol–water partition coefficient (Wildman–Crippen LogP) is 5.61. The molecule has 6 nitrogen and oxygen atoms in total. The van der Waals surface area contributed by atoms with Crippen LogP contribution in [-0.4, -0.2) is 52.0 Å². The summed E-state index contributed by atoms with van der Waals surface area (Å²) in [5.41, 5.74) is 4.19. The van der Waals surface area contributed by atoms with Crippen molar-refractivity contribution in [1.29, 1.82) is 0 Å². The first-order valence-electron chi connectivity index (χ1n) is 13.3. The van der Waals surface area contributed by atoms with Crippen LogP contribution in [0.2, 0.25) is 5.02 Å². The first-order chi connectivity index (χ1) is 16.9. The van der Waals surface area contributed by atoms with Gasteiger partial charge in [-0.2, -0.15) is 5.10 Å². The van der Waals surface area contributed by atoms with Gasteiger partial charge in [0.25, 0.3) is 5.91 Å². The maximum Gasteiger partial charge on any atom is 0.274 e. The normalized spacial score (nSPS) is 26.6. The van der Waals surface area contributed by atoms with E-state index in [0.29, 0.717) is 24.7 Å². The molecule has 1 aliphatic heterocycles. The Kier molecular flexibility index (Phi) is 7.40. The molecule has 0 bridgehead atoms. The third kappa shape index (κ3) is 5.39. The van der Waals surface area contributed by atoms with Gasteiger partial charge in [0.1, 0.15) is 5.75 Å². The Morgan fingerprint density at radius 1 is 1.14 bits per heavy atom. The molecule has 1 saturated carbocycles. The van der Waals surface area contributed by atoms with Gasteiger partial charge in [-0.25, -0.2) is 0 Å². The average Bonchev–Trinajstić information content (AvgIpc) is 3.44. The molecule has 2 aromatic rings. The van der Waals surface area contributed by atoms with Crippen molar-refractivity contribution in [3.05, 3.63) is 45.7 Å². The largest absolute Gasteiger partial charge is 0.490 e. The number of aryl methyl sites for hydroxylation is 1. The second-order valence-electron chi connectivity index (χ2n) is 10.7. The van der Waals surface area contributed by atoms with Crippen molar-refractivity contribution in [2.24, 2.45) is 5.92 Å². The van der Waals surface area contributed by atoms with Crippen LogP contribution in [0.1, 0.15) is 79.7 Å². The fraction of sp³-hybridized carbons (Fsp3) is 0.643. The summed E-state index contributed by atoms with van der Waals surface area (Å²) in [7, 11) is 0. The number of halogens is 1. The summed E-state index contributed by atoms with van der Waals surface area (Å²) in [6.45, 7) is 8.28. The van der Waals surface area contributed by atoms with Gasteiger partial charge in [0.15, 0.2) is 5.69 Å². The second kappa shape index (κ2) is 10.5. The van der Waals surface area contributed by atoms with E-state index in [1.165, 1.54) is 24.1 Å². The van der Waals surface area contributed by atoms with E-state index >= 15 is 0 Å². The summed E-state index contributed by atoms with van der Waals surface area (Å²) in [6.07, 6.45) is 9.12. The molecule has 2 aliphatic carbocycles. The van der Waals surface area contributed by atoms with Crippen molar-refractivity contribution in [3.63, 3.8) is 0 Å². The van der Waals surface area contributed by atoms with Crippen LogP contribution in [0, 0.1) is 12.8 Å². The molecular formula is C28H38ClN3O3. The van der Waals surface area contributed by atoms with Crippen molar-refractivity contribution in [2.45, 2.75) is 97.0 Å². The maximum absolute atomic E-state index is 13.4. The highest BCUT2D eigenvalue weighted by atomic mass is 35.5. The molecule has 1 aromatic carbocycles. The van der Waals surface area contributed by atoms with Crippen molar-refractivity contribution in [2.75, 3.05) is 13.1 Å². The van der Waals surface area contributed by atoms with E-state index in [-0.39, 0.29) is 24.2 Å². The Morgan fingerprint density at radius 2 is 1.89 bits per heavy atom. The lowest BCUT2D eigenvalue weighted by atomic mass is 9.85. The fourth-order valence-corrected chi connectivity index (χ4v) is 6.26. The molecule has 2 fully saturated rings. The number of nitrogens with zero attached hydrogens (tertiary/aromatic N) is 3. The van der Waals surface area contributed by atoms with Crippen LogP contribution < -0.4 is 4.74 Å². The summed E-state index contributed by atoms with van der Waals surface area (Å²) in [6, 6.07) is 5.88. The zero-order chi connectivity index (χ0) is 24.5. The van der Waals surface area contributed by atoms with Crippen LogP contribution in [-0.2, 0) is 24.1 Å². The third-order valence-electron chi connectivity index (χ3n) is 7.97. The Bertz CT molecular complexity index is 1050. The summed E-state index contributed by atoms with van der Waals surface area (Å²) < 4.78 is 14.3. The number of hydrogen-bond acceptors (Lipinski definition) is 4. The van der Waals surface area contributed by atoms with Gasteiger partial charge in [-0.3, -0.25) is 9.48 Å². The minimum Gasteiger partial charge on any atom is -0.490 e. The monoisotopic (exact) mass is 499 g/mol. The highest BCUT2D eigenvalue weighted by molar-refractivity contribution is 6.31. The summed E-state index contributed by atoms with van der Waals surface area (Å²) >= 11 is 6.25. The van der Waals surface area contributed by atoms with Gasteiger partial charge < -0.3 is 14.4 Å². The van der Waals surface area contributed by atoms with E-state index < -0.39 is 0 Å². The second-order valence-corrected chi connectivity index (χ2v) is 11.1. The number of hydrogen-bond donors (Lipinski definition) is 0. The van der Waals surface area contributed by atoms with E-state index in [4.69, 9.17) is 26.2 Å². The number of aromatic nitrogens is 2. The lowest BCUT2D eigenvalue weighted by molar-refractivity contribution is -0.0587. The molecule has 2 heterocycles. The Hall–Kier alpha value is -2.05. The fourth-order valence-electron chi connectivity index (χ4n) is 6.10. The van der Waals surface area contributed by atoms with Crippen LogP contribution in [0.5, 0.6) is 5.75 Å². The van der Waals surface area contributed by atoms with Gasteiger partial charge in [0, 0.05) is 41.5 Å². The molecule has 1 amide bonds. The predicted molar refractivity (Wildman–Crippen MR) is 137 cm³/mol. The molecule has 1 aromatic heterocycles. The molecule has 5 rings (SSSR count). The number of carbonyl (C=O) groups excluding carboxylic acids is 1. The number of benzene rings is 1. The number of amides is 1. The zero-order valence-electron chi connectivity index (χ0n) is 21.3. The van der Waals surface area contributed by atoms with Gasteiger partial charge in [-0.05, 0) is 90.2 Å². The van der Waals surface area contributed by atoms with Gasteiger partial charge in [0.2, 0.25) is 0 Å². The molecule has 7 heteroatoms. The topological polar surface area (TPSA) is 56.6 Å². The first kappa shape index (κ1) is 24.6. The van der Waals surface area contributed by atoms with Crippen LogP contribution >= 0.6 is 11.6 Å². The number of fused-ring (bicyclic) bond motifs is 1. The summed E-state index contributed by atoms with van der Waals surface area (Å²) in [5, 5.41) is 5.64. The molecule has 3 aliphatic rings. The molecule has 190 valence electrons. The van der Waals surface area contributed by atoms with E-state index in [1.54, 1.807) is 0 Å². The Balaban J connectivity index is 1.17. The smallest absolute Gasteiger partial charge is 0.274 e. The Morgan fingerprint density at radius 3 is 2.63 bits per heavy atom. The number of morpholine rings is 1. The number of ether oxygens (including phenoxy) is 2. The van der Waals surface area contributed by atoms with E-state index in [1.807, 2.05) is 43.9 Å². The molecule has 0 unspecified atom stereocenters. The summed E-state index contributed by atoms with van der Waals surface area (Å²) in [5.74, 6) is 1.67. The first-order valence-corrected chi connectivity index (χ1v) is 13.7. The Labute approximate surface area is 213 Å². The molecule has 1 saturated heterocycles. The highest BCUT2D eigenvalue weighted by Crippen LogP contribution is 2.33. The SMILES string of the molecule is Cc1c(Cl)cccc1OC1CCC(CCn2nc(C(=O)N3C[C@@H](C)O[C@@H](C)C3)c3c2CCC3)CC1.